The molecule has 3 aromatic heterocycles. The average molecular weight is 453 g/mol. The van der Waals surface area contributed by atoms with Gasteiger partial charge in [0.15, 0.2) is 5.65 Å². The van der Waals surface area contributed by atoms with E-state index in [4.69, 9.17) is 16.3 Å². The van der Waals surface area contributed by atoms with Crippen molar-refractivity contribution in [3.8, 4) is 11.3 Å². The van der Waals surface area contributed by atoms with Gasteiger partial charge in [0.05, 0.1) is 42.0 Å². The fraction of sp³-hybridized carbons (Fsp3) is 0.227. The van der Waals surface area contributed by atoms with E-state index < -0.39 is 5.97 Å². The van der Waals surface area contributed by atoms with Crippen LogP contribution in [0.3, 0.4) is 0 Å². The molecule has 0 atom stereocenters. The highest BCUT2D eigenvalue weighted by atomic mass is 35.5. The maximum Gasteiger partial charge on any atom is 0.343 e. The number of nitrogens with zero attached hydrogens (tertiary/aromatic N) is 5. The molecule has 10 heteroatoms. The fourth-order valence-electron chi connectivity index (χ4n) is 3.30. The summed E-state index contributed by atoms with van der Waals surface area (Å²) < 4.78 is 8.35. The van der Waals surface area contributed by atoms with Crippen LogP contribution in [0, 0.1) is 6.92 Å². The largest absolute Gasteiger partial charge is 0.462 e. The maximum atomic E-state index is 12.4. The van der Waals surface area contributed by atoms with E-state index >= 15 is 0 Å². The molecule has 0 unspecified atom stereocenters. The molecule has 3 heterocycles. The van der Waals surface area contributed by atoms with Crippen LogP contribution in [0.4, 0.5) is 5.69 Å². The number of ether oxygens (including phenoxy) is 1. The average Bonchev–Trinajstić information content (AvgIpc) is 3.36. The number of rotatable bonds is 7. The second kappa shape index (κ2) is 9.19. The lowest BCUT2D eigenvalue weighted by Gasteiger charge is -2.09. The Labute approximate surface area is 189 Å². The lowest BCUT2D eigenvalue weighted by molar-refractivity contribution is -0.116. The highest BCUT2D eigenvalue weighted by Gasteiger charge is 2.17. The first kappa shape index (κ1) is 21.5. The molecule has 0 bridgehead atoms. The number of esters is 1. The minimum atomic E-state index is -0.470. The van der Waals surface area contributed by atoms with Crippen molar-refractivity contribution in [1.82, 2.24) is 24.4 Å². The molecule has 0 fully saturated rings. The van der Waals surface area contributed by atoms with E-state index in [1.165, 1.54) is 6.20 Å². The molecular weight excluding hydrogens is 432 g/mol. The Morgan fingerprint density at radius 3 is 2.78 bits per heavy atom. The van der Waals surface area contributed by atoms with Gasteiger partial charge in [-0.1, -0.05) is 23.7 Å². The van der Waals surface area contributed by atoms with E-state index in [1.54, 1.807) is 34.6 Å². The van der Waals surface area contributed by atoms with Crippen LogP contribution in [0.5, 0.6) is 0 Å². The molecular formula is C22H21ClN6O3. The Hall–Kier alpha value is -3.72. The first-order valence-electron chi connectivity index (χ1n) is 10.1. The van der Waals surface area contributed by atoms with E-state index in [1.807, 2.05) is 31.2 Å². The summed E-state index contributed by atoms with van der Waals surface area (Å²) in [5, 5.41) is 11.9. The van der Waals surface area contributed by atoms with E-state index in [2.05, 4.69) is 20.5 Å². The normalized spacial score (nSPS) is 11.0. The van der Waals surface area contributed by atoms with Crippen LogP contribution < -0.4 is 5.32 Å². The molecule has 4 aromatic rings. The SMILES string of the molecule is CCOC(=O)c1cnn2c(-c3cccc(NC(=O)CCn4ncc(Cl)c4C)c3)ccnc12. The van der Waals surface area contributed by atoms with Crippen LogP contribution in [-0.4, -0.2) is 42.9 Å². The van der Waals surface area contributed by atoms with Crippen LogP contribution in [-0.2, 0) is 16.1 Å². The standard InChI is InChI=1S/C22H21ClN6O3/c1-3-32-22(31)17-12-26-29-19(7-9-24-21(17)29)15-5-4-6-16(11-15)27-20(30)8-10-28-14(2)18(23)13-25-28/h4-7,9,11-13H,3,8,10H2,1-2H3,(H,27,30). The van der Waals surface area contributed by atoms with E-state index in [0.29, 0.717) is 28.5 Å². The second-order valence-corrected chi connectivity index (χ2v) is 7.43. The summed E-state index contributed by atoms with van der Waals surface area (Å²) in [6, 6.07) is 9.17. The topological polar surface area (TPSA) is 103 Å². The number of hydrogen-bond acceptors (Lipinski definition) is 6. The van der Waals surface area contributed by atoms with Gasteiger partial charge in [-0.2, -0.15) is 10.2 Å². The van der Waals surface area contributed by atoms with Gasteiger partial charge in [-0.25, -0.2) is 14.3 Å². The molecule has 0 aliphatic heterocycles. The van der Waals surface area contributed by atoms with Gasteiger partial charge in [0.25, 0.3) is 0 Å². The van der Waals surface area contributed by atoms with Crippen LogP contribution in [0.15, 0.2) is 48.9 Å². The maximum absolute atomic E-state index is 12.4. The molecule has 0 spiro atoms. The number of amides is 1. The smallest absolute Gasteiger partial charge is 0.343 e. The van der Waals surface area contributed by atoms with Gasteiger partial charge in [-0.05, 0) is 32.0 Å². The molecule has 9 nitrogen and oxygen atoms in total. The van der Waals surface area contributed by atoms with Gasteiger partial charge in [-0.15, -0.1) is 0 Å². The third-order valence-corrected chi connectivity index (χ3v) is 5.30. The van der Waals surface area contributed by atoms with Crippen molar-refractivity contribution in [3.05, 3.63) is 65.2 Å². The Bertz CT molecular complexity index is 1300. The number of carbonyl (C=O) groups is 2. The number of benzene rings is 1. The molecule has 0 aliphatic carbocycles. The van der Waals surface area contributed by atoms with Gasteiger partial charge < -0.3 is 10.1 Å². The molecule has 1 aromatic carbocycles. The number of carbonyl (C=O) groups excluding carboxylic acids is 2. The summed E-state index contributed by atoms with van der Waals surface area (Å²) >= 11 is 6.00. The van der Waals surface area contributed by atoms with Crippen LogP contribution >= 0.6 is 11.6 Å². The minimum Gasteiger partial charge on any atom is -0.462 e. The molecule has 1 amide bonds. The monoisotopic (exact) mass is 452 g/mol. The molecule has 32 heavy (non-hydrogen) atoms. The van der Waals surface area contributed by atoms with Crippen LogP contribution in [0.25, 0.3) is 16.9 Å². The van der Waals surface area contributed by atoms with E-state index in [9.17, 15) is 9.59 Å². The van der Waals surface area contributed by atoms with Crippen molar-refractivity contribution in [2.75, 3.05) is 11.9 Å². The lowest BCUT2D eigenvalue weighted by Crippen LogP contribution is -2.15. The number of anilines is 1. The zero-order valence-corrected chi connectivity index (χ0v) is 18.3. The van der Waals surface area contributed by atoms with Crippen molar-refractivity contribution in [3.63, 3.8) is 0 Å². The van der Waals surface area contributed by atoms with Gasteiger partial charge in [0, 0.05) is 23.9 Å². The zero-order valence-electron chi connectivity index (χ0n) is 17.6. The summed E-state index contributed by atoms with van der Waals surface area (Å²) in [6.07, 6.45) is 4.87. The minimum absolute atomic E-state index is 0.142. The number of aromatic nitrogens is 5. The number of hydrogen-bond donors (Lipinski definition) is 1. The number of fused-ring (bicyclic) bond motifs is 1. The Morgan fingerprint density at radius 1 is 1.19 bits per heavy atom. The quantitative estimate of drug-likeness (QED) is 0.428. The van der Waals surface area contributed by atoms with Crippen LogP contribution in [0.2, 0.25) is 5.02 Å². The Morgan fingerprint density at radius 2 is 2.03 bits per heavy atom. The predicted molar refractivity (Wildman–Crippen MR) is 120 cm³/mol. The van der Waals surface area contributed by atoms with Crippen molar-refractivity contribution in [1.29, 1.82) is 0 Å². The molecule has 0 aliphatic rings. The second-order valence-electron chi connectivity index (χ2n) is 7.02. The third kappa shape index (κ3) is 4.33. The summed E-state index contributed by atoms with van der Waals surface area (Å²) in [5.41, 5.74) is 3.71. The molecule has 0 saturated heterocycles. The first-order chi connectivity index (χ1) is 15.5. The van der Waals surface area contributed by atoms with Gasteiger partial charge in [0.2, 0.25) is 5.91 Å². The molecule has 0 radical (unpaired) electrons. The Kier molecular flexibility index (Phi) is 6.18. The Balaban J connectivity index is 1.53. The highest BCUT2D eigenvalue weighted by Crippen LogP contribution is 2.24. The molecule has 1 N–H and O–H groups in total. The first-order valence-corrected chi connectivity index (χ1v) is 10.4. The number of halogens is 1. The lowest BCUT2D eigenvalue weighted by atomic mass is 10.1. The predicted octanol–water partition coefficient (Wildman–Crippen LogP) is 3.76. The summed E-state index contributed by atoms with van der Waals surface area (Å²) in [4.78, 5) is 28.9. The van der Waals surface area contributed by atoms with Crippen molar-refractivity contribution < 1.29 is 14.3 Å². The van der Waals surface area contributed by atoms with Crippen LogP contribution in [0.1, 0.15) is 29.4 Å². The molecule has 4 rings (SSSR count). The highest BCUT2D eigenvalue weighted by molar-refractivity contribution is 6.31. The van der Waals surface area contributed by atoms with Crippen molar-refractivity contribution in [2.24, 2.45) is 0 Å². The van der Waals surface area contributed by atoms with Crippen molar-refractivity contribution >= 4 is 34.8 Å². The summed E-state index contributed by atoms with van der Waals surface area (Å²) in [5.74, 6) is -0.612. The van der Waals surface area contributed by atoms with Gasteiger partial charge in [0.1, 0.15) is 5.56 Å². The van der Waals surface area contributed by atoms with Gasteiger partial charge in [-0.3, -0.25) is 9.48 Å². The zero-order chi connectivity index (χ0) is 22.7. The fourth-order valence-corrected chi connectivity index (χ4v) is 3.44. The molecule has 164 valence electrons. The number of nitrogens with one attached hydrogen (secondary N) is 1. The van der Waals surface area contributed by atoms with E-state index in [0.717, 1.165) is 17.0 Å². The van der Waals surface area contributed by atoms with Gasteiger partial charge >= 0.3 is 5.97 Å². The van der Waals surface area contributed by atoms with E-state index in [-0.39, 0.29) is 18.9 Å². The summed E-state index contributed by atoms with van der Waals surface area (Å²) in [7, 11) is 0. The number of aryl methyl sites for hydroxylation is 1. The molecule has 0 saturated carbocycles. The third-order valence-electron chi connectivity index (χ3n) is 4.93. The summed E-state index contributed by atoms with van der Waals surface area (Å²) in [6.45, 7) is 4.30. The van der Waals surface area contributed by atoms with Crippen molar-refractivity contribution in [2.45, 2.75) is 26.8 Å².